The number of anilines is 2. The Bertz CT molecular complexity index is 617. The summed E-state index contributed by atoms with van der Waals surface area (Å²) >= 11 is 0. The van der Waals surface area contributed by atoms with Gasteiger partial charge in [0.25, 0.3) is 0 Å². The average Bonchev–Trinajstić information content (AvgIpc) is 2.62. The number of hydrogen-bond donors (Lipinski definition) is 2. The highest BCUT2D eigenvalue weighted by Gasteiger charge is 2.12. The standard InChI is InChI=1S/C11H14O4.C7H10N2/c1-13-9-6-8(4-5-12)7-10(14-2)11(9)15-3;1-9-7-4-2-6(8)3-5-7/h5-7H,4H2,1-3H3;2-5,9H,8H2,1H3. The highest BCUT2D eigenvalue weighted by molar-refractivity contribution is 5.60. The molecule has 0 aliphatic rings. The fourth-order valence-corrected chi connectivity index (χ4v) is 2.00. The molecule has 24 heavy (non-hydrogen) atoms. The van der Waals surface area contributed by atoms with Gasteiger partial charge in [-0.2, -0.15) is 0 Å². The summed E-state index contributed by atoms with van der Waals surface area (Å²) in [7, 11) is 6.51. The molecule has 0 atom stereocenters. The van der Waals surface area contributed by atoms with E-state index in [1.807, 2.05) is 31.3 Å². The number of ether oxygens (including phenoxy) is 3. The van der Waals surface area contributed by atoms with E-state index in [1.165, 1.54) is 0 Å². The van der Waals surface area contributed by atoms with Crippen molar-refractivity contribution >= 4 is 17.7 Å². The molecule has 0 saturated heterocycles. The molecule has 0 radical (unpaired) electrons. The number of nitrogen functional groups attached to an aromatic ring is 1. The van der Waals surface area contributed by atoms with Gasteiger partial charge in [-0.15, -0.1) is 0 Å². The summed E-state index contributed by atoms with van der Waals surface area (Å²) in [4.78, 5) is 10.4. The summed E-state index contributed by atoms with van der Waals surface area (Å²) in [6.07, 6.45) is 1.16. The predicted octanol–water partition coefficient (Wildman–Crippen LogP) is 2.76. The number of benzene rings is 2. The molecule has 0 amide bonds. The van der Waals surface area contributed by atoms with Crippen LogP contribution >= 0.6 is 0 Å². The molecule has 0 fully saturated rings. The summed E-state index contributed by atoms with van der Waals surface area (Å²) in [6, 6.07) is 11.1. The third-order valence-electron chi connectivity index (χ3n) is 3.24. The number of nitrogens with one attached hydrogen (secondary N) is 1. The minimum absolute atomic E-state index is 0.330. The molecule has 2 rings (SSSR count). The zero-order valence-corrected chi connectivity index (χ0v) is 14.5. The molecule has 6 nitrogen and oxygen atoms in total. The number of methoxy groups -OCH3 is 3. The van der Waals surface area contributed by atoms with Crippen LogP contribution in [-0.4, -0.2) is 34.7 Å². The Labute approximate surface area is 142 Å². The monoisotopic (exact) mass is 332 g/mol. The fourth-order valence-electron chi connectivity index (χ4n) is 2.00. The first kappa shape index (κ1) is 19.2. The van der Waals surface area contributed by atoms with Crippen LogP contribution in [0.25, 0.3) is 0 Å². The molecule has 0 heterocycles. The lowest BCUT2D eigenvalue weighted by molar-refractivity contribution is -0.107. The Morgan fingerprint density at radius 1 is 1.00 bits per heavy atom. The van der Waals surface area contributed by atoms with E-state index in [-0.39, 0.29) is 0 Å². The topological polar surface area (TPSA) is 82.8 Å². The summed E-state index contributed by atoms with van der Waals surface area (Å²) in [5, 5.41) is 3.00. The van der Waals surface area contributed by atoms with Crippen LogP contribution in [0.15, 0.2) is 36.4 Å². The zero-order chi connectivity index (χ0) is 17.9. The van der Waals surface area contributed by atoms with Crippen LogP contribution in [0.1, 0.15) is 5.56 Å². The molecule has 3 N–H and O–H groups in total. The van der Waals surface area contributed by atoms with E-state index in [9.17, 15) is 4.79 Å². The van der Waals surface area contributed by atoms with E-state index in [0.717, 1.165) is 23.2 Å². The summed E-state index contributed by atoms with van der Waals surface area (Å²) < 4.78 is 15.4. The molecular weight excluding hydrogens is 308 g/mol. The van der Waals surface area contributed by atoms with Crippen molar-refractivity contribution in [2.45, 2.75) is 6.42 Å². The lowest BCUT2D eigenvalue weighted by Crippen LogP contribution is -1.97. The Balaban J connectivity index is 0.000000272. The minimum Gasteiger partial charge on any atom is -0.493 e. The lowest BCUT2D eigenvalue weighted by Gasteiger charge is -2.13. The zero-order valence-electron chi connectivity index (χ0n) is 14.5. The Morgan fingerprint density at radius 3 is 1.92 bits per heavy atom. The molecule has 0 bridgehead atoms. The second-order valence-electron chi connectivity index (χ2n) is 4.78. The maximum Gasteiger partial charge on any atom is 0.203 e. The predicted molar refractivity (Wildman–Crippen MR) is 96.3 cm³/mol. The van der Waals surface area contributed by atoms with Crippen molar-refractivity contribution in [3.8, 4) is 17.2 Å². The highest BCUT2D eigenvalue weighted by Crippen LogP contribution is 2.38. The van der Waals surface area contributed by atoms with Gasteiger partial charge in [-0.25, -0.2) is 0 Å². The fraction of sp³-hybridized carbons (Fsp3) is 0.278. The first-order valence-corrected chi connectivity index (χ1v) is 7.35. The minimum atomic E-state index is 0.330. The van der Waals surface area contributed by atoms with Gasteiger partial charge in [-0.1, -0.05) is 0 Å². The summed E-state index contributed by atoms with van der Waals surface area (Å²) in [6.45, 7) is 0. The SMILES string of the molecule is CNc1ccc(N)cc1.COc1cc(CC=O)cc(OC)c1OC. The van der Waals surface area contributed by atoms with E-state index in [0.29, 0.717) is 23.7 Å². The second-order valence-corrected chi connectivity index (χ2v) is 4.78. The molecule has 0 spiro atoms. The maximum atomic E-state index is 10.4. The van der Waals surface area contributed by atoms with Crippen LogP contribution in [0.4, 0.5) is 11.4 Å². The van der Waals surface area contributed by atoms with Crippen LogP contribution in [-0.2, 0) is 11.2 Å². The molecule has 0 saturated carbocycles. The quantitative estimate of drug-likeness (QED) is 0.625. The number of carbonyl (C=O) groups excluding carboxylic acids is 1. The molecule has 6 heteroatoms. The van der Waals surface area contributed by atoms with E-state index >= 15 is 0 Å². The van der Waals surface area contributed by atoms with E-state index in [2.05, 4.69) is 5.32 Å². The summed E-state index contributed by atoms with van der Waals surface area (Å²) in [5.41, 5.74) is 8.17. The molecular formula is C18H24N2O4. The smallest absolute Gasteiger partial charge is 0.203 e. The van der Waals surface area contributed by atoms with Gasteiger partial charge in [-0.3, -0.25) is 0 Å². The van der Waals surface area contributed by atoms with Crippen LogP contribution < -0.4 is 25.3 Å². The second kappa shape index (κ2) is 9.99. The number of carbonyl (C=O) groups is 1. The van der Waals surface area contributed by atoms with Crippen molar-refractivity contribution < 1.29 is 19.0 Å². The van der Waals surface area contributed by atoms with Crippen molar-refractivity contribution in [3.63, 3.8) is 0 Å². The normalized spacial score (nSPS) is 9.33. The largest absolute Gasteiger partial charge is 0.493 e. The Hall–Kier alpha value is -2.89. The molecule has 2 aromatic carbocycles. The first-order chi connectivity index (χ1) is 11.6. The molecule has 0 aliphatic carbocycles. The van der Waals surface area contributed by atoms with Gasteiger partial charge in [-0.05, 0) is 42.0 Å². The van der Waals surface area contributed by atoms with E-state index in [4.69, 9.17) is 19.9 Å². The number of aldehydes is 1. The number of hydrogen-bond acceptors (Lipinski definition) is 6. The third-order valence-corrected chi connectivity index (χ3v) is 3.24. The van der Waals surface area contributed by atoms with Crippen LogP contribution in [0.5, 0.6) is 17.2 Å². The molecule has 0 unspecified atom stereocenters. The van der Waals surface area contributed by atoms with Gasteiger partial charge in [0, 0.05) is 24.8 Å². The molecule has 0 aromatic heterocycles. The van der Waals surface area contributed by atoms with Crippen molar-refractivity contribution in [3.05, 3.63) is 42.0 Å². The number of rotatable bonds is 6. The number of nitrogens with two attached hydrogens (primary N) is 1. The van der Waals surface area contributed by atoms with E-state index < -0.39 is 0 Å². The molecule has 0 aliphatic heterocycles. The maximum absolute atomic E-state index is 10.4. The van der Waals surface area contributed by atoms with Gasteiger partial charge in [0.1, 0.15) is 6.29 Å². The highest BCUT2D eigenvalue weighted by atomic mass is 16.5. The van der Waals surface area contributed by atoms with Crippen molar-refractivity contribution in [2.75, 3.05) is 39.4 Å². The van der Waals surface area contributed by atoms with Gasteiger partial charge >= 0.3 is 0 Å². The third kappa shape index (κ3) is 5.39. The van der Waals surface area contributed by atoms with Crippen molar-refractivity contribution in [2.24, 2.45) is 0 Å². The molecule has 2 aromatic rings. The van der Waals surface area contributed by atoms with Gasteiger partial charge in [0.15, 0.2) is 11.5 Å². The Kier molecular flexibility index (Phi) is 7.98. The van der Waals surface area contributed by atoms with Crippen molar-refractivity contribution in [1.29, 1.82) is 0 Å². The van der Waals surface area contributed by atoms with Crippen molar-refractivity contribution in [1.82, 2.24) is 0 Å². The van der Waals surface area contributed by atoms with Gasteiger partial charge in [0.2, 0.25) is 5.75 Å². The van der Waals surface area contributed by atoms with Gasteiger partial charge in [0.05, 0.1) is 21.3 Å². The molecule has 130 valence electrons. The van der Waals surface area contributed by atoms with Crippen LogP contribution in [0.3, 0.4) is 0 Å². The summed E-state index contributed by atoms with van der Waals surface area (Å²) in [5.74, 6) is 1.66. The Morgan fingerprint density at radius 2 is 1.54 bits per heavy atom. The lowest BCUT2D eigenvalue weighted by atomic mass is 10.1. The van der Waals surface area contributed by atoms with E-state index in [1.54, 1.807) is 33.5 Å². The van der Waals surface area contributed by atoms with Crippen LogP contribution in [0.2, 0.25) is 0 Å². The van der Waals surface area contributed by atoms with Crippen LogP contribution in [0, 0.1) is 0 Å². The van der Waals surface area contributed by atoms with Gasteiger partial charge < -0.3 is 30.1 Å². The average molecular weight is 332 g/mol. The first-order valence-electron chi connectivity index (χ1n) is 7.35.